The maximum absolute atomic E-state index is 6.12. The van der Waals surface area contributed by atoms with Gasteiger partial charge < -0.3 is 20.1 Å². The summed E-state index contributed by atoms with van der Waals surface area (Å²) >= 11 is 0. The lowest BCUT2D eigenvalue weighted by Gasteiger charge is -2.31. The molecule has 1 fully saturated rings. The zero-order valence-electron chi connectivity index (χ0n) is 14.5. The number of methoxy groups -OCH3 is 2. The molecule has 5 nitrogen and oxygen atoms in total. The highest BCUT2D eigenvalue weighted by Crippen LogP contribution is 2.25. The highest BCUT2D eigenvalue weighted by Gasteiger charge is 2.17. The molecule has 0 spiro atoms. The Morgan fingerprint density at radius 3 is 2.87 bits per heavy atom. The predicted octanol–water partition coefficient (Wildman–Crippen LogP) is 2.68. The van der Waals surface area contributed by atoms with Crippen molar-refractivity contribution in [3.8, 4) is 11.5 Å². The van der Waals surface area contributed by atoms with Crippen molar-refractivity contribution in [1.29, 1.82) is 0 Å². The van der Waals surface area contributed by atoms with E-state index in [1.165, 1.54) is 12.8 Å². The Balaban J connectivity index is 1.85. The summed E-state index contributed by atoms with van der Waals surface area (Å²) in [5.41, 5.74) is 7.27. The first-order chi connectivity index (χ1) is 11.1. The Kier molecular flexibility index (Phi) is 6.56. The summed E-state index contributed by atoms with van der Waals surface area (Å²) in [5.74, 6) is 3.14. The van der Waals surface area contributed by atoms with Gasteiger partial charge in [-0.05, 0) is 55.4 Å². The number of likely N-dealkylation sites (tertiary alicyclic amines) is 1. The number of ether oxygens (including phenoxy) is 2. The number of guanidine groups is 1. The Labute approximate surface area is 139 Å². The highest BCUT2D eigenvalue weighted by molar-refractivity contribution is 5.78. The number of nitrogens with zero attached hydrogens (tertiary/aromatic N) is 2. The maximum atomic E-state index is 6.12. The van der Waals surface area contributed by atoms with Gasteiger partial charge in [0.25, 0.3) is 0 Å². The van der Waals surface area contributed by atoms with Gasteiger partial charge in [0, 0.05) is 19.6 Å². The number of nitrogens with two attached hydrogens (primary N) is 1. The van der Waals surface area contributed by atoms with E-state index < -0.39 is 0 Å². The largest absolute Gasteiger partial charge is 0.497 e. The number of aryl methyl sites for hydroxylation is 1. The van der Waals surface area contributed by atoms with Gasteiger partial charge in [0.1, 0.15) is 11.5 Å². The molecular weight excluding hydrogens is 290 g/mol. The minimum atomic E-state index is 0.689. The van der Waals surface area contributed by atoms with Crippen LogP contribution in [-0.4, -0.2) is 44.7 Å². The van der Waals surface area contributed by atoms with Crippen LogP contribution in [0, 0.1) is 5.92 Å². The summed E-state index contributed by atoms with van der Waals surface area (Å²) in [6.07, 6.45) is 4.33. The van der Waals surface area contributed by atoms with Crippen molar-refractivity contribution in [2.45, 2.75) is 32.6 Å². The van der Waals surface area contributed by atoms with E-state index in [0.717, 1.165) is 49.5 Å². The van der Waals surface area contributed by atoms with E-state index in [-0.39, 0.29) is 0 Å². The lowest BCUT2D eigenvalue weighted by molar-refractivity contribution is 0.270. The van der Waals surface area contributed by atoms with Crippen LogP contribution >= 0.6 is 0 Å². The minimum absolute atomic E-state index is 0.689. The van der Waals surface area contributed by atoms with Crippen LogP contribution in [0.4, 0.5) is 0 Å². The average Bonchev–Trinajstić information content (AvgIpc) is 2.58. The van der Waals surface area contributed by atoms with Gasteiger partial charge in [-0.2, -0.15) is 0 Å². The molecule has 1 aliphatic heterocycles. The maximum Gasteiger partial charge on any atom is 0.191 e. The van der Waals surface area contributed by atoms with E-state index in [2.05, 4.69) is 16.8 Å². The van der Waals surface area contributed by atoms with Gasteiger partial charge in [0.2, 0.25) is 0 Å². The van der Waals surface area contributed by atoms with Crippen molar-refractivity contribution in [3.63, 3.8) is 0 Å². The molecule has 1 atom stereocenters. The van der Waals surface area contributed by atoms with Crippen molar-refractivity contribution < 1.29 is 9.47 Å². The zero-order chi connectivity index (χ0) is 16.7. The third kappa shape index (κ3) is 5.05. The minimum Gasteiger partial charge on any atom is -0.497 e. The molecule has 0 aliphatic carbocycles. The Hall–Kier alpha value is -1.91. The third-order valence-corrected chi connectivity index (χ3v) is 4.35. The number of benzene rings is 1. The molecule has 5 heteroatoms. The summed E-state index contributed by atoms with van der Waals surface area (Å²) < 4.78 is 10.7. The van der Waals surface area contributed by atoms with Gasteiger partial charge in [-0.3, -0.25) is 4.99 Å². The van der Waals surface area contributed by atoms with Gasteiger partial charge in [0.05, 0.1) is 14.2 Å². The van der Waals surface area contributed by atoms with Crippen LogP contribution in [-0.2, 0) is 6.42 Å². The smallest absolute Gasteiger partial charge is 0.191 e. The molecule has 1 aromatic rings. The van der Waals surface area contributed by atoms with Crippen LogP contribution in [0.1, 0.15) is 31.7 Å². The van der Waals surface area contributed by atoms with Gasteiger partial charge in [-0.1, -0.05) is 6.92 Å². The molecule has 2 N–H and O–H groups in total. The summed E-state index contributed by atoms with van der Waals surface area (Å²) in [6.45, 7) is 5.06. The van der Waals surface area contributed by atoms with Gasteiger partial charge >= 0.3 is 0 Å². The molecule has 1 unspecified atom stereocenters. The Morgan fingerprint density at radius 2 is 2.17 bits per heavy atom. The van der Waals surface area contributed by atoms with Crippen LogP contribution in [0.2, 0.25) is 0 Å². The molecule has 23 heavy (non-hydrogen) atoms. The summed E-state index contributed by atoms with van der Waals surface area (Å²) in [4.78, 5) is 6.75. The number of piperidine rings is 1. The predicted molar refractivity (Wildman–Crippen MR) is 94.3 cm³/mol. The fourth-order valence-electron chi connectivity index (χ4n) is 3.04. The molecular formula is C18H29N3O2. The van der Waals surface area contributed by atoms with E-state index in [0.29, 0.717) is 11.9 Å². The number of hydrogen-bond acceptors (Lipinski definition) is 3. The van der Waals surface area contributed by atoms with E-state index in [4.69, 9.17) is 15.2 Å². The summed E-state index contributed by atoms with van der Waals surface area (Å²) in [7, 11) is 3.37. The molecule has 0 bridgehead atoms. The third-order valence-electron chi connectivity index (χ3n) is 4.35. The molecule has 0 radical (unpaired) electrons. The summed E-state index contributed by atoms with van der Waals surface area (Å²) in [6, 6.07) is 5.88. The second-order valence-electron chi connectivity index (χ2n) is 6.21. The zero-order valence-corrected chi connectivity index (χ0v) is 14.5. The monoisotopic (exact) mass is 319 g/mol. The van der Waals surface area contributed by atoms with E-state index >= 15 is 0 Å². The van der Waals surface area contributed by atoms with Crippen molar-refractivity contribution in [3.05, 3.63) is 23.8 Å². The first-order valence-corrected chi connectivity index (χ1v) is 8.39. The molecule has 1 saturated heterocycles. The normalized spacial score (nSPS) is 18.8. The highest BCUT2D eigenvalue weighted by atomic mass is 16.5. The quantitative estimate of drug-likeness (QED) is 0.497. The van der Waals surface area contributed by atoms with E-state index in [1.807, 2.05) is 18.2 Å². The molecule has 1 heterocycles. The van der Waals surface area contributed by atoms with Crippen molar-refractivity contribution in [2.24, 2.45) is 16.6 Å². The van der Waals surface area contributed by atoms with Crippen molar-refractivity contribution in [2.75, 3.05) is 33.9 Å². The number of aliphatic imine (C=N–C) groups is 1. The Morgan fingerprint density at radius 1 is 1.35 bits per heavy atom. The van der Waals surface area contributed by atoms with Crippen molar-refractivity contribution >= 4 is 5.96 Å². The van der Waals surface area contributed by atoms with Crippen LogP contribution in [0.3, 0.4) is 0 Å². The number of rotatable bonds is 6. The second-order valence-corrected chi connectivity index (χ2v) is 6.21. The standard InChI is InChI=1S/C18H29N3O2/c1-14-6-5-11-21(13-14)18(19)20-10-4-7-15-12-16(22-2)8-9-17(15)23-3/h8-9,12,14H,4-7,10-11,13H2,1-3H3,(H2,19,20). The molecule has 0 saturated carbocycles. The van der Waals surface area contributed by atoms with Crippen LogP contribution in [0.15, 0.2) is 23.2 Å². The lowest BCUT2D eigenvalue weighted by atomic mass is 10.0. The van der Waals surface area contributed by atoms with Crippen LogP contribution in [0.25, 0.3) is 0 Å². The van der Waals surface area contributed by atoms with E-state index in [1.54, 1.807) is 14.2 Å². The average molecular weight is 319 g/mol. The topological polar surface area (TPSA) is 60.1 Å². The first-order valence-electron chi connectivity index (χ1n) is 8.39. The number of hydrogen-bond donors (Lipinski definition) is 1. The molecule has 1 aromatic carbocycles. The molecule has 0 aromatic heterocycles. The van der Waals surface area contributed by atoms with Gasteiger partial charge in [0.15, 0.2) is 5.96 Å². The molecule has 128 valence electrons. The fraction of sp³-hybridized carbons (Fsp3) is 0.611. The van der Waals surface area contributed by atoms with Crippen LogP contribution < -0.4 is 15.2 Å². The van der Waals surface area contributed by atoms with E-state index in [9.17, 15) is 0 Å². The van der Waals surface area contributed by atoms with Gasteiger partial charge in [-0.15, -0.1) is 0 Å². The fourth-order valence-corrected chi connectivity index (χ4v) is 3.04. The molecule has 0 amide bonds. The van der Waals surface area contributed by atoms with Crippen molar-refractivity contribution in [1.82, 2.24) is 4.90 Å². The molecule has 1 aliphatic rings. The lowest BCUT2D eigenvalue weighted by Crippen LogP contribution is -2.43. The summed E-state index contributed by atoms with van der Waals surface area (Å²) in [5, 5.41) is 0. The van der Waals surface area contributed by atoms with Gasteiger partial charge in [-0.25, -0.2) is 0 Å². The molecule has 2 rings (SSSR count). The van der Waals surface area contributed by atoms with Crippen LogP contribution in [0.5, 0.6) is 11.5 Å². The second kappa shape index (κ2) is 8.65. The first kappa shape index (κ1) is 17.4. The SMILES string of the molecule is COc1ccc(OC)c(CCCN=C(N)N2CCCC(C)C2)c1. The Bertz CT molecular complexity index is 531.